The van der Waals surface area contributed by atoms with Crippen molar-refractivity contribution >= 4 is 5.91 Å². The fraction of sp³-hybridized carbons (Fsp3) is 0.938. The molecule has 0 atom stereocenters. The fourth-order valence-electron chi connectivity index (χ4n) is 5.19. The average molecular weight is 249 g/mol. The van der Waals surface area contributed by atoms with Crippen molar-refractivity contribution in [3.8, 4) is 0 Å². The SMILES string of the molecule is CN(C(=O)C(C)(C)C)C1C2CC3CC(C2)CC1C3. The first-order chi connectivity index (χ1) is 8.36. The number of amides is 1. The zero-order valence-electron chi connectivity index (χ0n) is 12.3. The molecule has 0 heterocycles. The van der Waals surface area contributed by atoms with Crippen LogP contribution >= 0.6 is 0 Å². The molecular formula is C16H27NO. The maximum atomic E-state index is 12.5. The van der Waals surface area contributed by atoms with Crippen LogP contribution in [0.1, 0.15) is 52.9 Å². The molecule has 0 aromatic heterocycles. The lowest BCUT2D eigenvalue weighted by Crippen LogP contribution is -2.57. The third kappa shape index (κ3) is 1.88. The Balaban J connectivity index is 1.79. The van der Waals surface area contributed by atoms with Gasteiger partial charge in [-0.15, -0.1) is 0 Å². The third-order valence-electron chi connectivity index (χ3n) is 5.59. The van der Waals surface area contributed by atoms with Crippen LogP contribution in [0.5, 0.6) is 0 Å². The molecule has 1 amide bonds. The van der Waals surface area contributed by atoms with Gasteiger partial charge in [0.2, 0.25) is 5.91 Å². The van der Waals surface area contributed by atoms with Crippen LogP contribution < -0.4 is 0 Å². The molecule has 4 saturated carbocycles. The maximum absolute atomic E-state index is 12.5. The lowest BCUT2D eigenvalue weighted by Gasteiger charge is -2.57. The summed E-state index contributed by atoms with van der Waals surface area (Å²) in [7, 11) is 2.06. The van der Waals surface area contributed by atoms with Crippen molar-refractivity contribution in [1.82, 2.24) is 4.90 Å². The minimum Gasteiger partial charge on any atom is -0.342 e. The molecule has 102 valence electrons. The van der Waals surface area contributed by atoms with Crippen LogP contribution in [-0.2, 0) is 4.79 Å². The molecule has 18 heavy (non-hydrogen) atoms. The highest BCUT2D eigenvalue weighted by molar-refractivity contribution is 5.81. The van der Waals surface area contributed by atoms with Gasteiger partial charge in [0, 0.05) is 18.5 Å². The van der Waals surface area contributed by atoms with Crippen LogP contribution in [0.25, 0.3) is 0 Å². The van der Waals surface area contributed by atoms with E-state index in [0.29, 0.717) is 11.9 Å². The molecule has 0 radical (unpaired) electrons. The van der Waals surface area contributed by atoms with Crippen molar-refractivity contribution in [2.75, 3.05) is 7.05 Å². The molecule has 4 bridgehead atoms. The molecule has 0 saturated heterocycles. The Bertz CT molecular complexity index is 327. The maximum Gasteiger partial charge on any atom is 0.227 e. The van der Waals surface area contributed by atoms with Gasteiger partial charge in [0.25, 0.3) is 0 Å². The number of nitrogens with zero attached hydrogens (tertiary/aromatic N) is 1. The lowest BCUT2D eigenvalue weighted by atomic mass is 9.54. The van der Waals surface area contributed by atoms with Crippen LogP contribution in [0.2, 0.25) is 0 Å². The minimum atomic E-state index is -0.233. The first-order valence-electron chi connectivity index (χ1n) is 7.63. The van der Waals surface area contributed by atoms with Crippen molar-refractivity contribution in [3.63, 3.8) is 0 Å². The van der Waals surface area contributed by atoms with Crippen molar-refractivity contribution in [2.24, 2.45) is 29.1 Å². The molecule has 4 aliphatic rings. The second-order valence-electron chi connectivity index (χ2n) is 8.09. The van der Waals surface area contributed by atoms with E-state index in [1.807, 2.05) is 20.8 Å². The average Bonchev–Trinajstić information content (AvgIpc) is 2.24. The zero-order chi connectivity index (χ0) is 13.1. The van der Waals surface area contributed by atoms with E-state index in [2.05, 4.69) is 11.9 Å². The second kappa shape index (κ2) is 3.98. The van der Waals surface area contributed by atoms with Gasteiger partial charge in [-0.1, -0.05) is 20.8 Å². The molecule has 2 nitrogen and oxygen atoms in total. The van der Waals surface area contributed by atoms with Crippen LogP contribution in [0, 0.1) is 29.1 Å². The summed E-state index contributed by atoms with van der Waals surface area (Å²) in [5, 5.41) is 0. The van der Waals surface area contributed by atoms with E-state index in [1.54, 1.807) is 0 Å². The summed E-state index contributed by atoms with van der Waals surface area (Å²) in [4.78, 5) is 14.6. The van der Waals surface area contributed by atoms with Crippen LogP contribution in [0.4, 0.5) is 0 Å². The third-order valence-corrected chi connectivity index (χ3v) is 5.59. The molecule has 0 unspecified atom stereocenters. The van der Waals surface area contributed by atoms with Gasteiger partial charge in [-0.3, -0.25) is 4.79 Å². The summed E-state index contributed by atoms with van der Waals surface area (Å²) < 4.78 is 0. The summed E-state index contributed by atoms with van der Waals surface area (Å²) in [5.74, 6) is 3.92. The van der Waals surface area contributed by atoms with Gasteiger partial charge >= 0.3 is 0 Å². The molecule has 2 heteroatoms. The Hall–Kier alpha value is -0.530. The second-order valence-corrected chi connectivity index (χ2v) is 8.09. The van der Waals surface area contributed by atoms with Crippen LogP contribution in [0.15, 0.2) is 0 Å². The van der Waals surface area contributed by atoms with Gasteiger partial charge in [0.15, 0.2) is 0 Å². The standard InChI is InChI=1S/C16H27NO/c1-16(2,3)15(18)17(4)14-12-6-10-5-11(8-12)9-13(14)7-10/h10-14H,5-9H2,1-4H3. The Morgan fingerprint density at radius 1 is 0.944 bits per heavy atom. The Morgan fingerprint density at radius 3 is 1.78 bits per heavy atom. The number of carbonyl (C=O) groups is 1. The minimum absolute atomic E-state index is 0.233. The quantitative estimate of drug-likeness (QED) is 0.698. The molecule has 4 rings (SSSR count). The van der Waals surface area contributed by atoms with E-state index in [9.17, 15) is 4.79 Å². The van der Waals surface area contributed by atoms with Gasteiger partial charge in [0.1, 0.15) is 0 Å². The predicted molar refractivity (Wildman–Crippen MR) is 73.1 cm³/mol. The summed E-state index contributed by atoms with van der Waals surface area (Å²) in [6, 6.07) is 0.546. The van der Waals surface area contributed by atoms with Crippen LogP contribution in [-0.4, -0.2) is 23.9 Å². The number of rotatable bonds is 1. The molecule has 0 spiro atoms. The van der Waals surface area contributed by atoms with Crippen molar-refractivity contribution in [2.45, 2.75) is 58.9 Å². The van der Waals surface area contributed by atoms with E-state index in [-0.39, 0.29) is 5.41 Å². The first-order valence-corrected chi connectivity index (χ1v) is 7.63. The number of carbonyl (C=O) groups excluding carboxylic acids is 1. The number of hydrogen-bond donors (Lipinski definition) is 0. The molecule has 4 aliphatic carbocycles. The topological polar surface area (TPSA) is 20.3 Å². The normalized spacial score (nSPS) is 42.1. The molecule has 0 N–H and O–H groups in total. The van der Waals surface area contributed by atoms with Gasteiger partial charge < -0.3 is 4.90 Å². The molecule has 0 aromatic carbocycles. The molecule has 0 aromatic rings. The van der Waals surface area contributed by atoms with Gasteiger partial charge in [-0.2, -0.15) is 0 Å². The highest BCUT2D eigenvalue weighted by Crippen LogP contribution is 2.55. The van der Waals surface area contributed by atoms with E-state index < -0.39 is 0 Å². The smallest absolute Gasteiger partial charge is 0.227 e. The Kier molecular flexibility index (Phi) is 2.76. The number of hydrogen-bond acceptors (Lipinski definition) is 1. The van der Waals surface area contributed by atoms with Gasteiger partial charge in [0.05, 0.1) is 0 Å². The summed E-state index contributed by atoms with van der Waals surface area (Å²) in [5.41, 5.74) is -0.233. The van der Waals surface area contributed by atoms with E-state index in [1.165, 1.54) is 32.1 Å². The molecular weight excluding hydrogens is 222 g/mol. The highest BCUT2D eigenvalue weighted by Gasteiger charge is 2.50. The van der Waals surface area contributed by atoms with Crippen molar-refractivity contribution in [3.05, 3.63) is 0 Å². The first kappa shape index (κ1) is 12.5. The monoisotopic (exact) mass is 249 g/mol. The fourth-order valence-corrected chi connectivity index (χ4v) is 5.19. The van der Waals surface area contributed by atoms with E-state index in [0.717, 1.165) is 23.7 Å². The van der Waals surface area contributed by atoms with Gasteiger partial charge in [-0.25, -0.2) is 0 Å². The molecule has 0 aliphatic heterocycles. The lowest BCUT2D eigenvalue weighted by molar-refractivity contribution is -0.149. The summed E-state index contributed by atoms with van der Waals surface area (Å²) >= 11 is 0. The van der Waals surface area contributed by atoms with E-state index >= 15 is 0 Å². The van der Waals surface area contributed by atoms with Crippen molar-refractivity contribution < 1.29 is 4.79 Å². The highest BCUT2D eigenvalue weighted by atomic mass is 16.2. The summed E-state index contributed by atoms with van der Waals surface area (Å²) in [6.45, 7) is 6.13. The Morgan fingerprint density at radius 2 is 1.39 bits per heavy atom. The largest absolute Gasteiger partial charge is 0.342 e. The zero-order valence-corrected chi connectivity index (χ0v) is 12.3. The van der Waals surface area contributed by atoms with Gasteiger partial charge in [-0.05, 0) is 55.8 Å². The van der Waals surface area contributed by atoms with Crippen molar-refractivity contribution in [1.29, 1.82) is 0 Å². The Labute approximate surface area is 111 Å². The van der Waals surface area contributed by atoms with Crippen LogP contribution in [0.3, 0.4) is 0 Å². The summed E-state index contributed by atoms with van der Waals surface area (Å²) in [6.07, 6.45) is 7.04. The molecule has 4 fully saturated rings. The van der Waals surface area contributed by atoms with E-state index in [4.69, 9.17) is 0 Å². The predicted octanol–water partition coefficient (Wildman–Crippen LogP) is 3.32.